The molecule has 2 N–H and O–H groups in total. The van der Waals surface area contributed by atoms with Gasteiger partial charge in [0.25, 0.3) is 0 Å². The molecular formula is C8H13NOS. The summed E-state index contributed by atoms with van der Waals surface area (Å²) in [4.78, 5) is 0. The van der Waals surface area contributed by atoms with Crippen LogP contribution in [0, 0.1) is 0 Å². The Balaban J connectivity index is 2.36. The molecule has 1 heterocycles. The average Bonchev–Trinajstić information content (AvgIpc) is 2.52. The van der Waals surface area contributed by atoms with Gasteiger partial charge in [0.1, 0.15) is 0 Å². The summed E-state index contributed by atoms with van der Waals surface area (Å²) in [5.41, 5.74) is 1.03. The van der Waals surface area contributed by atoms with Crippen LogP contribution in [-0.4, -0.2) is 18.7 Å². The van der Waals surface area contributed by atoms with Gasteiger partial charge in [-0.05, 0) is 42.4 Å². The molecule has 1 atom stereocenters. The zero-order valence-electron chi connectivity index (χ0n) is 6.58. The maximum Gasteiger partial charge on any atom is 0.0810 e. The van der Waals surface area contributed by atoms with Gasteiger partial charge in [-0.2, -0.15) is 11.3 Å². The van der Waals surface area contributed by atoms with E-state index in [4.69, 9.17) is 0 Å². The molecule has 0 aliphatic rings. The van der Waals surface area contributed by atoms with E-state index in [1.807, 2.05) is 23.9 Å². The summed E-state index contributed by atoms with van der Waals surface area (Å²) in [7, 11) is 1.89. The summed E-state index contributed by atoms with van der Waals surface area (Å²) in [5, 5.41) is 16.5. The first-order valence-electron chi connectivity index (χ1n) is 3.69. The van der Waals surface area contributed by atoms with E-state index in [9.17, 15) is 5.11 Å². The molecule has 0 aliphatic heterocycles. The van der Waals surface area contributed by atoms with Gasteiger partial charge in [-0.3, -0.25) is 0 Å². The fourth-order valence-corrected chi connectivity index (χ4v) is 1.62. The number of nitrogens with one attached hydrogen (secondary N) is 1. The van der Waals surface area contributed by atoms with Crippen molar-refractivity contribution >= 4 is 11.3 Å². The predicted octanol–water partition coefficient (Wildman–Crippen LogP) is 1.39. The van der Waals surface area contributed by atoms with Crippen LogP contribution in [0.2, 0.25) is 0 Å². The van der Waals surface area contributed by atoms with Gasteiger partial charge >= 0.3 is 0 Å². The van der Waals surface area contributed by atoms with Gasteiger partial charge < -0.3 is 10.4 Å². The Hall–Kier alpha value is -0.380. The minimum absolute atomic E-state index is 0.298. The minimum atomic E-state index is -0.298. The Morgan fingerprint density at radius 1 is 1.73 bits per heavy atom. The van der Waals surface area contributed by atoms with Crippen LogP contribution >= 0.6 is 11.3 Å². The lowest BCUT2D eigenvalue weighted by atomic mass is 10.1. The van der Waals surface area contributed by atoms with E-state index in [0.717, 1.165) is 18.5 Å². The molecule has 2 nitrogen and oxygen atoms in total. The van der Waals surface area contributed by atoms with Gasteiger partial charge in [-0.15, -0.1) is 0 Å². The van der Waals surface area contributed by atoms with Crippen LogP contribution in [0.3, 0.4) is 0 Å². The van der Waals surface area contributed by atoms with Gasteiger partial charge in [0.15, 0.2) is 0 Å². The Morgan fingerprint density at radius 2 is 2.55 bits per heavy atom. The summed E-state index contributed by atoms with van der Waals surface area (Å²) in [6, 6.07) is 1.96. The van der Waals surface area contributed by atoms with Gasteiger partial charge in [0.2, 0.25) is 0 Å². The van der Waals surface area contributed by atoms with Gasteiger partial charge in [-0.25, -0.2) is 0 Å². The third-order valence-corrected chi connectivity index (χ3v) is 2.30. The number of hydrogen-bond acceptors (Lipinski definition) is 3. The number of rotatable bonds is 4. The normalized spacial score (nSPS) is 13.3. The molecule has 0 unspecified atom stereocenters. The van der Waals surface area contributed by atoms with Crippen LogP contribution in [0.5, 0.6) is 0 Å². The Labute approximate surface area is 70.9 Å². The van der Waals surface area contributed by atoms with Crippen LogP contribution in [0.25, 0.3) is 0 Å². The highest BCUT2D eigenvalue weighted by atomic mass is 32.1. The molecule has 0 radical (unpaired) electrons. The Morgan fingerprint density at radius 3 is 3.09 bits per heavy atom. The number of aliphatic hydroxyl groups is 1. The molecule has 1 rings (SSSR count). The molecule has 0 saturated heterocycles. The Bertz CT molecular complexity index is 186. The standard InChI is InChI=1S/C8H13NOS/c1-9-4-2-8(10)7-3-5-11-6-7/h3,5-6,8-10H,2,4H2,1H3/t8-/m0/s1. The molecule has 11 heavy (non-hydrogen) atoms. The molecule has 0 aliphatic carbocycles. The lowest BCUT2D eigenvalue weighted by molar-refractivity contribution is 0.168. The van der Waals surface area contributed by atoms with E-state index >= 15 is 0 Å². The molecule has 0 amide bonds. The second-order valence-corrected chi connectivity index (χ2v) is 3.24. The Kier molecular flexibility index (Phi) is 3.56. The summed E-state index contributed by atoms with van der Waals surface area (Å²) in [5.74, 6) is 0. The predicted molar refractivity (Wildman–Crippen MR) is 47.8 cm³/mol. The maximum absolute atomic E-state index is 9.51. The summed E-state index contributed by atoms with van der Waals surface area (Å²) in [6.07, 6.45) is 0.487. The highest BCUT2D eigenvalue weighted by Gasteiger charge is 2.05. The molecule has 0 spiro atoms. The van der Waals surface area contributed by atoms with E-state index in [-0.39, 0.29) is 6.10 Å². The molecule has 1 aromatic heterocycles. The monoisotopic (exact) mass is 171 g/mol. The fraction of sp³-hybridized carbons (Fsp3) is 0.500. The van der Waals surface area contributed by atoms with Crippen molar-refractivity contribution in [3.63, 3.8) is 0 Å². The van der Waals surface area contributed by atoms with E-state index in [2.05, 4.69) is 5.32 Å². The van der Waals surface area contributed by atoms with Crippen LogP contribution in [-0.2, 0) is 0 Å². The van der Waals surface area contributed by atoms with Crippen LogP contribution in [0.4, 0.5) is 0 Å². The quantitative estimate of drug-likeness (QED) is 0.717. The second kappa shape index (κ2) is 4.49. The highest BCUT2D eigenvalue weighted by Crippen LogP contribution is 2.18. The van der Waals surface area contributed by atoms with Crippen LogP contribution in [0.15, 0.2) is 16.8 Å². The number of aliphatic hydroxyl groups excluding tert-OH is 1. The van der Waals surface area contributed by atoms with Gasteiger partial charge in [-0.1, -0.05) is 0 Å². The zero-order valence-corrected chi connectivity index (χ0v) is 7.40. The summed E-state index contributed by atoms with van der Waals surface area (Å²) in [6.45, 7) is 0.858. The molecule has 3 heteroatoms. The van der Waals surface area contributed by atoms with Crippen molar-refractivity contribution in [1.29, 1.82) is 0 Å². The fourth-order valence-electron chi connectivity index (χ4n) is 0.912. The van der Waals surface area contributed by atoms with Crippen molar-refractivity contribution in [3.8, 4) is 0 Å². The molecular weight excluding hydrogens is 158 g/mol. The van der Waals surface area contributed by atoms with Crippen molar-refractivity contribution in [3.05, 3.63) is 22.4 Å². The SMILES string of the molecule is CNCC[C@H](O)c1ccsc1. The van der Waals surface area contributed by atoms with E-state index in [1.165, 1.54) is 0 Å². The van der Waals surface area contributed by atoms with Crippen molar-refractivity contribution < 1.29 is 5.11 Å². The maximum atomic E-state index is 9.51. The molecule has 62 valence electrons. The minimum Gasteiger partial charge on any atom is -0.388 e. The molecule has 0 bridgehead atoms. The van der Waals surface area contributed by atoms with Crippen LogP contribution in [0.1, 0.15) is 18.1 Å². The largest absolute Gasteiger partial charge is 0.388 e. The topological polar surface area (TPSA) is 32.3 Å². The zero-order chi connectivity index (χ0) is 8.10. The molecule has 0 fully saturated rings. The lowest BCUT2D eigenvalue weighted by Gasteiger charge is -2.06. The van der Waals surface area contributed by atoms with Crippen molar-refractivity contribution in [1.82, 2.24) is 5.32 Å². The summed E-state index contributed by atoms with van der Waals surface area (Å²) < 4.78 is 0. The van der Waals surface area contributed by atoms with Crippen LogP contribution < -0.4 is 5.32 Å². The average molecular weight is 171 g/mol. The first kappa shape index (κ1) is 8.71. The summed E-state index contributed by atoms with van der Waals surface area (Å²) >= 11 is 1.62. The van der Waals surface area contributed by atoms with Crippen molar-refractivity contribution in [2.45, 2.75) is 12.5 Å². The van der Waals surface area contributed by atoms with Gasteiger partial charge in [0, 0.05) is 0 Å². The molecule has 0 aromatic carbocycles. The first-order chi connectivity index (χ1) is 5.34. The second-order valence-electron chi connectivity index (χ2n) is 2.46. The van der Waals surface area contributed by atoms with Gasteiger partial charge in [0.05, 0.1) is 6.10 Å². The number of hydrogen-bond donors (Lipinski definition) is 2. The smallest absolute Gasteiger partial charge is 0.0810 e. The first-order valence-corrected chi connectivity index (χ1v) is 4.63. The van der Waals surface area contributed by atoms with Crippen molar-refractivity contribution in [2.24, 2.45) is 0 Å². The van der Waals surface area contributed by atoms with Crippen molar-refractivity contribution in [2.75, 3.05) is 13.6 Å². The van der Waals surface area contributed by atoms with E-state index in [0.29, 0.717) is 0 Å². The van der Waals surface area contributed by atoms with E-state index in [1.54, 1.807) is 11.3 Å². The number of thiophene rings is 1. The van der Waals surface area contributed by atoms with E-state index < -0.39 is 0 Å². The third kappa shape index (κ3) is 2.61. The lowest BCUT2D eigenvalue weighted by Crippen LogP contribution is -2.11. The third-order valence-electron chi connectivity index (χ3n) is 1.60. The highest BCUT2D eigenvalue weighted by molar-refractivity contribution is 7.07. The molecule has 1 aromatic rings. The molecule has 0 saturated carbocycles.